The Balaban J connectivity index is 2.31. The molecular formula is C12H21N5O2S2. The largest absolute Gasteiger partial charge is 0.360 e. The molecular weight excluding hydrogens is 310 g/mol. The van der Waals surface area contributed by atoms with Crippen LogP contribution in [0.2, 0.25) is 0 Å². The summed E-state index contributed by atoms with van der Waals surface area (Å²) in [5.74, 6) is 0.296. The van der Waals surface area contributed by atoms with Crippen LogP contribution in [0.5, 0.6) is 0 Å². The van der Waals surface area contributed by atoms with Crippen LogP contribution in [0.3, 0.4) is 0 Å². The van der Waals surface area contributed by atoms with Crippen LogP contribution >= 0.6 is 23.1 Å². The molecule has 1 rings (SSSR count). The van der Waals surface area contributed by atoms with Crippen molar-refractivity contribution in [1.82, 2.24) is 20.8 Å². The summed E-state index contributed by atoms with van der Waals surface area (Å²) in [6.45, 7) is 8.69. The van der Waals surface area contributed by atoms with E-state index in [-0.39, 0.29) is 17.7 Å². The first kappa shape index (κ1) is 17.7. The Morgan fingerprint density at radius 2 is 1.95 bits per heavy atom. The Labute approximate surface area is 132 Å². The van der Waals surface area contributed by atoms with Gasteiger partial charge in [0.2, 0.25) is 11.0 Å². The van der Waals surface area contributed by atoms with Crippen molar-refractivity contribution in [2.75, 3.05) is 17.6 Å². The molecule has 3 N–H and O–H groups in total. The smallest absolute Gasteiger partial charge is 0.321 e. The van der Waals surface area contributed by atoms with E-state index in [1.165, 1.54) is 23.1 Å². The van der Waals surface area contributed by atoms with Crippen molar-refractivity contribution < 1.29 is 9.59 Å². The highest BCUT2D eigenvalue weighted by Gasteiger charge is 2.11. The monoisotopic (exact) mass is 331 g/mol. The summed E-state index contributed by atoms with van der Waals surface area (Å²) < 4.78 is 0.695. The molecule has 1 aromatic heterocycles. The van der Waals surface area contributed by atoms with Gasteiger partial charge in [0.15, 0.2) is 4.34 Å². The van der Waals surface area contributed by atoms with Gasteiger partial charge < -0.3 is 10.6 Å². The standard InChI is InChI=1S/C12H21N5O2S2/c1-7(2)5-13-11-16-17-12(21-11)20-6-9(18)15-10(19)14-8(3)4/h7-8H,5-6H2,1-4H3,(H,13,16)(H2,14,15,18,19). The zero-order valence-electron chi connectivity index (χ0n) is 12.6. The lowest BCUT2D eigenvalue weighted by Crippen LogP contribution is -2.43. The third-order valence-electron chi connectivity index (χ3n) is 2.07. The number of urea groups is 1. The van der Waals surface area contributed by atoms with Gasteiger partial charge in [0.05, 0.1) is 5.75 Å². The summed E-state index contributed by atoms with van der Waals surface area (Å²) in [5, 5.41) is 16.7. The Bertz CT molecular complexity index is 476. The van der Waals surface area contributed by atoms with Gasteiger partial charge in [-0.1, -0.05) is 36.9 Å². The minimum Gasteiger partial charge on any atom is -0.360 e. The number of carbonyl (C=O) groups is 2. The fourth-order valence-electron chi connectivity index (χ4n) is 1.22. The Kier molecular flexibility index (Phi) is 7.44. The van der Waals surface area contributed by atoms with Crippen molar-refractivity contribution in [2.45, 2.75) is 38.1 Å². The first-order chi connectivity index (χ1) is 9.86. The third kappa shape index (κ3) is 7.86. The number of imide groups is 1. The number of anilines is 1. The van der Waals surface area contributed by atoms with Gasteiger partial charge in [-0.2, -0.15) is 0 Å². The van der Waals surface area contributed by atoms with E-state index < -0.39 is 6.03 Å². The predicted molar refractivity (Wildman–Crippen MR) is 85.8 cm³/mol. The van der Waals surface area contributed by atoms with Crippen molar-refractivity contribution in [2.24, 2.45) is 5.92 Å². The van der Waals surface area contributed by atoms with E-state index >= 15 is 0 Å². The van der Waals surface area contributed by atoms with E-state index in [1.54, 1.807) is 0 Å². The summed E-state index contributed by atoms with van der Waals surface area (Å²) in [7, 11) is 0. The van der Waals surface area contributed by atoms with Gasteiger partial charge in [-0.25, -0.2) is 4.79 Å². The van der Waals surface area contributed by atoms with Crippen molar-refractivity contribution >= 4 is 40.2 Å². The zero-order valence-corrected chi connectivity index (χ0v) is 14.2. The molecule has 1 aromatic rings. The molecule has 0 unspecified atom stereocenters. The highest BCUT2D eigenvalue weighted by Crippen LogP contribution is 2.25. The van der Waals surface area contributed by atoms with Crippen LogP contribution in [0, 0.1) is 5.92 Å². The van der Waals surface area contributed by atoms with E-state index in [0.717, 1.165) is 11.7 Å². The summed E-state index contributed by atoms with van der Waals surface area (Å²) >= 11 is 2.65. The topological polar surface area (TPSA) is 96.0 Å². The molecule has 7 nitrogen and oxygen atoms in total. The van der Waals surface area contributed by atoms with Crippen LogP contribution < -0.4 is 16.0 Å². The molecule has 0 aliphatic rings. The number of carbonyl (C=O) groups excluding carboxylic acids is 2. The lowest BCUT2D eigenvalue weighted by atomic mass is 10.2. The molecule has 0 aliphatic carbocycles. The molecule has 0 saturated heterocycles. The van der Waals surface area contributed by atoms with Gasteiger partial charge in [-0.15, -0.1) is 10.2 Å². The van der Waals surface area contributed by atoms with E-state index in [0.29, 0.717) is 10.3 Å². The maximum Gasteiger partial charge on any atom is 0.321 e. The van der Waals surface area contributed by atoms with Gasteiger partial charge in [0.1, 0.15) is 0 Å². The van der Waals surface area contributed by atoms with E-state index in [4.69, 9.17) is 0 Å². The molecule has 0 saturated carbocycles. The number of hydrogen-bond acceptors (Lipinski definition) is 7. The van der Waals surface area contributed by atoms with Crippen molar-refractivity contribution in [3.63, 3.8) is 0 Å². The maximum absolute atomic E-state index is 11.6. The van der Waals surface area contributed by atoms with Gasteiger partial charge in [-0.3, -0.25) is 10.1 Å². The number of hydrogen-bond donors (Lipinski definition) is 3. The fourth-order valence-corrected chi connectivity index (χ4v) is 2.78. The van der Waals surface area contributed by atoms with Gasteiger partial charge in [-0.05, 0) is 19.8 Å². The molecule has 0 bridgehead atoms. The number of nitrogens with one attached hydrogen (secondary N) is 3. The van der Waals surface area contributed by atoms with Crippen molar-refractivity contribution in [3.8, 4) is 0 Å². The minimum atomic E-state index is -0.479. The maximum atomic E-state index is 11.6. The summed E-state index contributed by atoms with van der Waals surface area (Å²) in [6.07, 6.45) is 0. The summed E-state index contributed by atoms with van der Waals surface area (Å²) in [4.78, 5) is 22.9. The molecule has 0 aromatic carbocycles. The molecule has 1 heterocycles. The SMILES string of the molecule is CC(C)CNc1nnc(SCC(=O)NC(=O)NC(C)C)s1. The number of thioether (sulfide) groups is 1. The highest BCUT2D eigenvalue weighted by atomic mass is 32.2. The zero-order chi connectivity index (χ0) is 15.8. The molecule has 21 heavy (non-hydrogen) atoms. The van der Waals surface area contributed by atoms with Crippen LogP contribution in [0.25, 0.3) is 0 Å². The molecule has 9 heteroatoms. The fraction of sp³-hybridized carbons (Fsp3) is 0.667. The number of aromatic nitrogens is 2. The molecule has 0 atom stereocenters. The van der Waals surface area contributed by atoms with Crippen LogP contribution in [-0.4, -0.2) is 40.5 Å². The van der Waals surface area contributed by atoms with Crippen molar-refractivity contribution in [3.05, 3.63) is 0 Å². The number of nitrogens with zero attached hydrogens (tertiary/aromatic N) is 2. The van der Waals surface area contributed by atoms with Crippen molar-refractivity contribution in [1.29, 1.82) is 0 Å². The van der Waals surface area contributed by atoms with E-state index in [1.807, 2.05) is 13.8 Å². The molecule has 0 fully saturated rings. The predicted octanol–water partition coefficient (Wildman–Crippen LogP) is 1.93. The average Bonchev–Trinajstić information content (AvgIpc) is 2.80. The molecule has 3 amide bonds. The van der Waals surface area contributed by atoms with Crippen LogP contribution in [0.1, 0.15) is 27.7 Å². The lowest BCUT2D eigenvalue weighted by molar-refractivity contribution is -0.117. The summed E-state index contributed by atoms with van der Waals surface area (Å²) in [5.41, 5.74) is 0. The first-order valence-electron chi connectivity index (χ1n) is 6.67. The van der Waals surface area contributed by atoms with Crippen LogP contribution in [0.15, 0.2) is 4.34 Å². The first-order valence-corrected chi connectivity index (χ1v) is 8.47. The average molecular weight is 331 g/mol. The lowest BCUT2D eigenvalue weighted by Gasteiger charge is -2.08. The van der Waals surface area contributed by atoms with Gasteiger partial charge in [0, 0.05) is 12.6 Å². The molecule has 0 aliphatic heterocycles. The minimum absolute atomic E-state index is 0.0109. The second-order valence-electron chi connectivity index (χ2n) is 5.11. The summed E-state index contributed by atoms with van der Waals surface area (Å²) in [6, 6.07) is -0.490. The normalized spacial score (nSPS) is 10.8. The Hall–Kier alpha value is -1.35. The molecule has 0 radical (unpaired) electrons. The Morgan fingerprint density at radius 3 is 2.57 bits per heavy atom. The highest BCUT2D eigenvalue weighted by molar-refractivity contribution is 8.01. The third-order valence-corrected chi connectivity index (χ3v) is 4.08. The van der Waals surface area contributed by atoms with Gasteiger partial charge >= 0.3 is 6.03 Å². The number of rotatable bonds is 7. The second kappa shape index (κ2) is 8.83. The molecule has 0 spiro atoms. The van der Waals surface area contributed by atoms with Crippen LogP contribution in [-0.2, 0) is 4.79 Å². The number of amides is 3. The molecule has 118 valence electrons. The van der Waals surface area contributed by atoms with Gasteiger partial charge in [0.25, 0.3) is 0 Å². The van der Waals surface area contributed by atoms with E-state index in [2.05, 4.69) is 40.0 Å². The second-order valence-corrected chi connectivity index (χ2v) is 7.31. The van der Waals surface area contributed by atoms with E-state index in [9.17, 15) is 9.59 Å². The quantitative estimate of drug-likeness (QED) is 0.661. The van der Waals surface area contributed by atoms with Crippen LogP contribution in [0.4, 0.5) is 9.93 Å². The Morgan fingerprint density at radius 1 is 1.24 bits per heavy atom.